The molecule has 0 aliphatic heterocycles. The van der Waals surface area contributed by atoms with Gasteiger partial charge >= 0.3 is 0 Å². The number of benzene rings is 1. The van der Waals surface area contributed by atoms with Crippen molar-refractivity contribution >= 4 is 5.69 Å². The molecule has 0 aliphatic rings. The van der Waals surface area contributed by atoms with Crippen LogP contribution in [0.15, 0.2) is 42.5 Å². The highest BCUT2D eigenvalue weighted by molar-refractivity contribution is 5.45. The van der Waals surface area contributed by atoms with E-state index in [-0.39, 0.29) is 0 Å². The Labute approximate surface area is 175 Å². The maximum Gasteiger partial charge on any atom is 0.0366 e. The van der Waals surface area contributed by atoms with Gasteiger partial charge in [-0.2, -0.15) is 0 Å². The Morgan fingerprint density at radius 1 is 0.679 bits per heavy atom. The number of anilines is 1. The molecule has 0 saturated carbocycles. The molecule has 0 spiro atoms. The third-order valence-corrected chi connectivity index (χ3v) is 5.46. The number of rotatable bonds is 19. The molecule has 0 atom stereocenters. The van der Waals surface area contributed by atoms with Crippen molar-refractivity contribution in [1.29, 1.82) is 0 Å². The lowest BCUT2D eigenvalue weighted by atomic mass is 10.1. The molecule has 0 fully saturated rings. The maximum atomic E-state index is 5.78. The van der Waals surface area contributed by atoms with Crippen LogP contribution in [0.4, 0.5) is 5.69 Å². The molecule has 0 heterocycles. The molecule has 0 aliphatic carbocycles. The van der Waals surface area contributed by atoms with Gasteiger partial charge in [0.2, 0.25) is 0 Å². The fourth-order valence-corrected chi connectivity index (χ4v) is 3.71. The summed E-state index contributed by atoms with van der Waals surface area (Å²) in [6.45, 7) is 5.09. The molecule has 2 N–H and O–H groups in total. The van der Waals surface area contributed by atoms with Crippen LogP contribution in [0.2, 0.25) is 0 Å². The summed E-state index contributed by atoms with van der Waals surface area (Å²) >= 11 is 0. The number of allylic oxidation sites excluding steroid dienone is 2. The lowest BCUT2D eigenvalue weighted by Gasteiger charge is -2.24. The van der Waals surface area contributed by atoms with Crippen LogP contribution in [0.3, 0.4) is 0 Å². The molecule has 2 heteroatoms. The summed E-state index contributed by atoms with van der Waals surface area (Å²) in [6, 6.07) is 10.7. The van der Waals surface area contributed by atoms with E-state index in [0.29, 0.717) is 0 Å². The minimum atomic E-state index is 0.723. The second kappa shape index (κ2) is 19.1. The van der Waals surface area contributed by atoms with E-state index < -0.39 is 0 Å². The lowest BCUT2D eigenvalue weighted by molar-refractivity contribution is 0.589. The molecule has 28 heavy (non-hydrogen) atoms. The zero-order valence-corrected chi connectivity index (χ0v) is 18.6. The number of nitrogens with zero attached hydrogens (tertiary/aromatic N) is 1. The number of unbranched alkanes of at least 4 members (excludes halogenated alkanes) is 12. The quantitative estimate of drug-likeness (QED) is 0.197. The SMILES string of the molecule is CCCCCCCC/C=C\CCCCCCCCN(CCN)c1ccccc1. The van der Waals surface area contributed by atoms with Gasteiger partial charge in [-0.25, -0.2) is 0 Å². The van der Waals surface area contributed by atoms with Crippen molar-refractivity contribution in [3.05, 3.63) is 42.5 Å². The van der Waals surface area contributed by atoms with Gasteiger partial charge in [-0.1, -0.05) is 95.1 Å². The van der Waals surface area contributed by atoms with E-state index in [1.54, 1.807) is 0 Å². The molecule has 1 rings (SSSR count). The van der Waals surface area contributed by atoms with E-state index in [1.165, 1.54) is 95.6 Å². The zero-order chi connectivity index (χ0) is 20.1. The fraction of sp³-hybridized carbons (Fsp3) is 0.692. The van der Waals surface area contributed by atoms with Gasteiger partial charge in [0.15, 0.2) is 0 Å². The Hall–Kier alpha value is -1.28. The second-order valence-electron chi connectivity index (χ2n) is 8.05. The smallest absolute Gasteiger partial charge is 0.0366 e. The molecular weight excluding hydrogens is 340 g/mol. The summed E-state index contributed by atoms with van der Waals surface area (Å²) in [7, 11) is 0. The number of para-hydroxylation sites is 1. The summed E-state index contributed by atoms with van der Waals surface area (Å²) in [5.41, 5.74) is 7.09. The normalized spacial score (nSPS) is 11.4. The Morgan fingerprint density at radius 2 is 1.21 bits per heavy atom. The molecule has 160 valence electrons. The minimum absolute atomic E-state index is 0.723. The summed E-state index contributed by atoms with van der Waals surface area (Å²) < 4.78 is 0. The average Bonchev–Trinajstić information content (AvgIpc) is 2.73. The monoisotopic (exact) mass is 386 g/mol. The predicted octanol–water partition coefficient (Wildman–Crippen LogP) is 7.49. The highest BCUT2D eigenvalue weighted by atomic mass is 15.1. The van der Waals surface area contributed by atoms with Gasteiger partial charge < -0.3 is 10.6 Å². The van der Waals surface area contributed by atoms with Crippen LogP contribution >= 0.6 is 0 Å². The third-order valence-electron chi connectivity index (χ3n) is 5.46. The maximum absolute atomic E-state index is 5.78. The van der Waals surface area contributed by atoms with Crippen LogP contribution in [-0.4, -0.2) is 19.6 Å². The fourth-order valence-electron chi connectivity index (χ4n) is 3.71. The molecule has 0 radical (unpaired) electrons. The van der Waals surface area contributed by atoms with Crippen molar-refractivity contribution < 1.29 is 0 Å². The first-order valence-electron chi connectivity index (χ1n) is 12.0. The summed E-state index contributed by atoms with van der Waals surface area (Å²) in [6.07, 6.45) is 23.9. The highest BCUT2D eigenvalue weighted by Crippen LogP contribution is 2.15. The topological polar surface area (TPSA) is 29.3 Å². The zero-order valence-electron chi connectivity index (χ0n) is 18.6. The summed E-state index contributed by atoms with van der Waals surface area (Å²) in [5.74, 6) is 0. The molecular formula is C26H46N2. The molecule has 2 nitrogen and oxygen atoms in total. The second-order valence-corrected chi connectivity index (χ2v) is 8.05. The highest BCUT2D eigenvalue weighted by Gasteiger charge is 2.04. The first-order chi connectivity index (χ1) is 13.9. The van der Waals surface area contributed by atoms with E-state index in [9.17, 15) is 0 Å². The van der Waals surface area contributed by atoms with Crippen molar-refractivity contribution in [3.63, 3.8) is 0 Å². The summed E-state index contributed by atoms with van der Waals surface area (Å²) in [4.78, 5) is 2.43. The van der Waals surface area contributed by atoms with Crippen LogP contribution in [0.5, 0.6) is 0 Å². The standard InChI is InChI=1S/C26H46N2/c1-2-3-4-5-6-7-8-9-10-11-12-13-14-15-16-20-24-28(25-23-27)26-21-18-17-19-22-26/h9-10,17-19,21-22H,2-8,11-16,20,23-25,27H2,1H3/b10-9-. The van der Waals surface area contributed by atoms with Gasteiger partial charge in [0.1, 0.15) is 0 Å². The van der Waals surface area contributed by atoms with Crippen LogP contribution in [0, 0.1) is 0 Å². The molecule has 0 saturated heterocycles. The van der Waals surface area contributed by atoms with Crippen LogP contribution in [-0.2, 0) is 0 Å². The molecule has 0 bridgehead atoms. The van der Waals surface area contributed by atoms with Gasteiger partial charge in [0.25, 0.3) is 0 Å². The van der Waals surface area contributed by atoms with E-state index in [2.05, 4.69) is 54.3 Å². The molecule has 0 unspecified atom stereocenters. The molecule has 0 amide bonds. The van der Waals surface area contributed by atoms with Crippen LogP contribution in [0.1, 0.15) is 96.8 Å². The van der Waals surface area contributed by atoms with E-state index in [1.807, 2.05) is 0 Å². The van der Waals surface area contributed by atoms with Gasteiger partial charge in [0.05, 0.1) is 0 Å². The Bertz CT molecular complexity index is 455. The van der Waals surface area contributed by atoms with Crippen molar-refractivity contribution in [1.82, 2.24) is 0 Å². The predicted molar refractivity (Wildman–Crippen MR) is 127 cm³/mol. The molecule has 0 aromatic heterocycles. The average molecular weight is 387 g/mol. The van der Waals surface area contributed by atoms with Gasteiger partial charge in [-0.15, -0.1) is 0 Å². The van der Waals surface area contributed by atoms with Crippen molar-refractivity contribution in [2.45, 2.75) is 96.8 Å². The number of hydrogen-bond donors (Lipinski definition) is 1. The minimum Gasteiger partial charge on any atom is -0.370 e. The van der Waals surface area contributed by atoms with Crippen molar-refractivity contribution in [3.8, 4) is 0 Å². The van der Waals surface area contributed by atoms with E-state index in [0.717, 1.165) is 19.6 Å². The van der Waals surface area contributed by atoms with Gasteiger partial charge in [0, 0.05) is 25.3 Å². The van der Waals surface area contributed by atoms with Gasteiger partial charge in [-0.05, 0) is 44.2 Å². The summed E-state index contributed by atoms with van der Waals surface area (Å²) in [5, 5.41) is 0. The Balaban J connectivity index is 1.91. The Kier molecular flexibility index (Phi) is 16.8. The van der Waals surface area contributed by atoms with Crippen LogP contribution < -0.4 is 10.6 Å². The van der Waals surface area contributed by atoms with Crippen molar-refractivity contribution in [2.75, 3.05) is 24.5 Å². The first-order valence-corrected chi connectivity index (χ1v) is 12.0. The van der Waals surface area contributed by atoms with Crippen LogP contribution in [0.25, 0.3) is 0 Å². The molecule has 1 aromatic carbocycles. The molecule has 1 aromatic rings. The lowest BCUT2D eigenvalue weighted by Crippen LogP contribution is -2.30. The van der Waals surface area contributed by atoms with E-state index in [4.69, 9.17) is 5.73 Å². The largest absolute Gasteiger partial charge is 0.370 e. The Morgan fingerprint density at radius 3 is 1.79 bits per heavy atom. The first kappa shape index (κ1) is 24.8. The third kappa shape index (κ3) is 13.8. The van der Waals surface area contributed by atoms with Gasteiger partial charge in [-0.3, -0.25) is 0 Å². The van der Waals surface area contributed by atoms with E-state index >= 15 is 0 Å². The number of nitrogens with two attached hydrogens (primary N) is 1. The van der Waals surface area contributed by atoms with Crippen molar-refractivity contribution in [2.24, 2.45) is 5.73 Å². The number of hydrogen-bond acceptors (Lipinski definition) is 2.